The molecule has 2 heterocycles. The fraction of sp³-hybridized carbons (Fsp3) is 0.250. The van der Waals surface area contributed by atoms with Crippen molar-refractivity contribution >= 4 is 73.5 Å². The van der Waals surface area contributed by atoms with Crippen LogP contribution in [0.2, 0.25) is 0 Å². The topological polar surface area (TPSA) is 116 Å². The number of methoxy groups -OCH3 is 1. The first-order valence-corrected chi connectivity index (χ1v) is 18.6. The number of phenols is 1. The number of rotatable bonds is 6. The van der Waals surface area contributed by atoms with Gasteiger partial charge in [0.25, 0.3) is 11.8 Å². The van der Waals surface area contributed by atoms with Gasteiger partial charge in [-0.1, -0.05) is 75.6 Å². The van der Waals surface area contributed by atoms with Gasteiger partial charge in [-0.3, -0.25) is 29.5 Å². The molecular weight excluding hydrogens is 825 g/mol. The van der Waals surface area contributed by atoms with Crippen LogP contribution in [-0.4, -0.2) is 40.9 Å². The van der Waals surface area contributed by atoms with Crippen LogP contribution in [0, 0.1) is 34.2 Å². The van der Waals surface area contributed by atoms with E-state index in [1.165, 1.54) is 12.0 Å². The lowest BCUT2D eigenvalue weighted by molar-refractivity contribution is -0.138. The highest BCUT2D eigenvalue weighted by Crippen LogP contribution is 2.64. The van der Waals surface area contributed by atoms with Crippen LogP contribution in [0.4, 0.5) is 11.4 Å². The van der Waals surface area contributed by atoms with E-state index in [4.69, 9.17) is 4.74 Å². The number of fused-ring (bicyclic) bond motifs is 4. The van der Waals surface area contributed by atoms with Crippen molar-refractivity contribution in [2.75, 3.05) is 17.4 Å². The Morgan fingerprint density at radius 1 is 0.902 bits per heavy atom. The van der Waals surface area contributed by atoms with Crippen molar-refractivity contribution < 1.29 is 29.0 Å². The Labute approximate surface area is 316 Å². The molecule has 0 bridgehead atoms. The number of phenolic OH excluding ortho intramolecular Hbond substituents is 1. The van der Waals surface area contributed by atoms with Gasteiger partial charge in [0.15, 0.2) is 11.5 Å². The maximum Gasteiger partial charge on any atom is 0.260 e. The van der Waals surface area contributed by atoms with E-state index < -0.39 is 46.8 Å². The standard InChI is InChI=1S/C40H33BrIN3O6/c1-21-8-12-25(13-9-21)43-45-37(48)30-20-29-27(16-17-28-33(29)38(49)44(36(28)47)26-14-10-24(41)11-15-26)34(22-18-31(42)35(46)32(19-22)51-2)40(30,39(45)50)23-6-4-3-5-7-23/h3-16,18-19,28-30,33-34,43,46H,17,20H2,1-2H3/t28-,29+,30-,33-,34-,40+/m0/s1. The summed E-state index contributed by atoms with van der Waals surface area (Å²) in [6.45, 7) is 1.96. The third-order valence-corrected chi connectivity index (χ3v) is 12.4. The summed E-state index contributed by atoms with van der Waals surface area (Å²) in [5.41, 5.74) is 5.97. The Balaban J connectivity index is 1.34. The largest absolute Gasteiger partial charge is 0.504 e. The second kappa shape index (κ2) is 12.6. The van der Waals surface area contributed by atoms with Crippen molar-refractivity contribution in [2.24, 2.45) is 23.7 Å². The van der Waals surface area contributed by atoms with E-state index in [-0.39, 0.29) is 29.7 Å². The predicted octanol–water partition coefficient (Wildman–Crippen LogP) is 7.27. The molecule has 51 heavy (non-hydrogen) atoms. The van der Waals surface area contributed by atoms with Crippen LogP contribution < -0.4 is 15.1 Å². The van der Waals surface area contributed by atoms with Crippen LogP contribution in [0.15, 0.2) is 107 Å². The third kappa shape index (κ3) is 5.06. The second-order valence-electron chi connectivity index (χ2n) is 13.6. The Morgan fingerprint density at radius 3 is 2.29 bits per heavy atom. The van der Waals surface area contributed by atoms with Gasteiger partial charge in [-0.2, -0.15) is 5.01 Å². The SMILES string of the molecule is COc1cc([C@H]2C3=CC[C@@H]4C(=O)N(c5ccc(Br)cc5)C(=O)[C@@H]4[C@@H]3C[C@H]3C(=O)N(Nc4ccc(C)cc4)C(=O)[C@@]23c2ccccc2)cc(I)c1O. The number of imide groups is 2. The zero-order chi connectivity index (χ0) is 35.8. The number of amides is 4. The van der Waals surface area contributed by atoms with Crippen LogP contribution >= 0.6 is 38.5 Å². The number of hydrogen-bond acceptors (Lipinski definition) is 7. The molecule has 258 valence electrons. The number of allylic oxidation sites excluding steroid dienone is 2. The average molecular weight is 859 g/mol. The first kappa shape index (κ1) is 33.6. The van der Waals surface area contributed by atoms with E-state index in [9.17, 15) is 19.5 Å². The maximum absolute atomic E-state index is 15.3. The summed E-state index contributed by atoms with van der Waals surface area (Å²) < 4.78 is 6.95. The van der Waals surface area contributed by atoms with Crippen LogP contribution in [0.3, 0.4) is 0 Å². The molecular formula is C40H33BrIN3O6. The van der Waals surface area contributed by atoms with Gasteiger partial charge in [0.05, 0.1) is 45.2 Å². The van der Waals surface area contributed by atoms with E-state index in [1.54, 1.807) is 30.3 Å². The number of hydrogen-bond donors (Lipinski definition) is 2. The van der Waals surface area contributed by atoms with Gasteiger partial charge >= 0.3 is 0 Å². The van der Waals surface area contributed by atoms with E-state index >= 15 is 4.79 Å². The van der Waals surface area contributed by atoms with E-state index in [0.29, 0.717) is 32.5 Å². The van der Waals surface area contributed by atoms with Gasteiger partial charge in [0, 0.05) is 10.4 Å². The van der Waals surface area contributed by atoms with Gasteiger partial charge in [0.2, 0.25) is 11.8 Å². The molecule has 4 aromatic carbocycles. The number of benzene rings is 4. The number of carbonyl (C=O) groups excluding carboxylic acids is 4. The summed E-state index contributed by atoms with van der Waals surface area (Å²) in [6.07, 6.45) is 2.52. The summed E-state index contributed by atoms with van der Waals surface area (Å²) in [5.74, 6) is -4.67. The quantitative estimate of drug-likeness (QED) is 0.119. The molecule has 2 N–H and O–H groups in total. The predicted molar refractivity (Wildman–Crippen MR) is 203 cm³/mol. The number of aryl methyl sites for hydroxylation is 1. The zero-order valence-corrected chi connectivity index (χ0v) is 31.4. The second-order valence-corrected chi connectivity index (χ2v) is 15.7. The Bertz CT molecular complexity index is 2140. The molecule has 0 aromatic heterocycles. The minimum Gasteiger partial charge on any atom is -0.504 e. The molecule has 2 aliphatic carbocycles. The minimum absolute atomic E-state index is 0.0320. The van der Waals surface area contributed by atoms with E-state index in [2.05, 4.69) is 21.4 Å². The number of hydrazine groups is 1. The maximum atomic E-state index is 15.3. The molecule has 3 fully saturated rings. The third-order valence-electron chi connectivity index (χ3n) is 11.1. The molecule has 0 unspecified atom stereocenters. The number of carbonyl (C=O) groups is 4. The molecule has 6 atom stereocenters. The molecule has 4 aromatic rings. The highest BCUT2D eigenvalue weighted by Gasteiger charge is 2.70. The average Bonchev–Trinajstić information content (AvgIpc) is 3.51. The smallest absolute Gasteiger partial charge is 0.260 e. The van der Waals surface area contributed by atoms with Gasteiger partial charge < -0.3 is 9.84 Å². The lowest BCUT2D eigenvalue weighted by Crippen LogP contribution is -2.53. The Hall–Kier alpha value is -4.49. The molecule has 0 spiro atoms. The number of anilines is 2. The van der Waals surface area contributed by atoms with Gasteiger partial charge in [-0.25, -0.2) is 0 Å². The van der Waals surface area contributed by atoms with Crippen LogP contribution in [0.25, 0.3) is 0 Å². The molecule has 2 aliphatic heterocycles. The molecule has 0 radical (unpaired) electrons. The first-order chi connectivity index (χ1) is 24.6. The van der Waals surface area contributed by atoms with Crippen molar-refractivity contribution in [3.63, 3.8) is 0 Å². The van der Waals surface area contributed by atoms with Crippen molar-refractivity contribution in [1.29, 1.82) is 0 Å². The molecule has 11 heteroatoms. The lowest BCUT2D eigenvalue weighted by atomic mass is 9.49. The summed E-state index contributed by atoms with van der Waals surface area (Å²) in [7, 11) is 1.47. The van der Waals surface area contributed by atoms with Gasteiger partial charge in [-0.15, -0.1) is 0 Å². The van der Waals surface area contributed by atoms with Gasteiger partial charge in [0.1, 0.15) is 0 Å². The number of nitrogens with zero attached hydrogens (tertiary/aromatic N) is 2. The normalized spacial score (nSPS) is 26.8. The fourth-order valence-electron chi connectivity index (χ4n) is 8.88. The first-order valence-electron chi connectivity index (χ1n) is 16.7. The monoisotopic (exact) mass is 857 g/mol. The van der Waals surface area contributed by atoms with Gasteiger partial charge in [-0.05, 0) is 108 Å². The number of halogens is 2. The summed E-state index contributed by atoms with van der Waals surface area (Å²) in [4.78, 5) is 59.9. The van der Waals surface area contributed by atoms with Crippen molar-refractivity contribution in [2.45, 2.75) is 31.1 Å². The van der Waals surface area contributed by atoms with E-state index in [1.807, 2.05) is 96.3 Å². The molecule has 4 aliphatic rings. The van der Waals surface area contributed by atoms with Crippen LogP contribution in [-0.2, 0) is 24.6 Å². The zero-order valence-electron chi connectivity index (χ0n) is 27.7. The molecule has 4 amide bonds. The molecule has 9 nitrogen and oxygen atoms in total. The summed E-state index contributed by atoms with van der Waals surface area (Å²) in [6, 6.07) is 27.4. The lowest BCUT2D eigenvalue weighted by Gasteiger charge is -2.50. The van der Waals surface area contributed by atoms with Crippen molar-refractivity contribution in [1.82, 2.24) is 5.01 Å². The summed E-state index contributed by atoms with van der Waals surface area (Å²) in [5, 5.41) is 12.0. The Kier molecular flexibility index (Phi) is 8.33. The number of nitrogens with one attached hydrogen (secondary N) is 1. The Morgan fingerprint density at radius 2 is 1.61 bits per heavy atom. The highest BCUT2D eigenvalue weighted by molar-refractivity contribution is 14.1. The van der Waals surface area contributed by atoms with E-state index in [0.717, 1.165) is 20.6 Å². The number of aromatic hydroxyl groups is 1. The fourth-order valence-corrected chi connectivity index (χ4v) is 9.77. The van der Waals surface area contributed by atoms with Crippen LogP contribution in [0.5, 0.6) is 11.5 Å². The van der Waals surface area contributed by atoms with Crippen molar-refractivity contribution in [3.8, 4) is 11.5 Å². The molecule has 8 rings (SSSR count). The molecule has 2 saturated heterocycles. The highest BCUT2D eigenvalue weighted by atomic mass is 127. The summed E-state index contributed by atoms with van der Waals surface area (Å²) >= 11 is 5.48. The van der Waals surface area contributed by atoms with Crippen LogP contribution in [0.1, 0.15) is 35.4 Å². The van der Waals surface area contributed by atoms with Crippen molar-refractivity contribution in [3.05, 3.63) is 127 Å². The minimum atomic E-state index is -1.42. The number of ether oxygens (including phenoxy) is 1. The molecule has 1 saturated carbocycles.